The Morgan fingerprint density at radius 1 is 1.00 bits per heavy atom. The van der Waals surface area contributed by atoms with Crippen LogP contribution in [0, 0.1) is 36.5 Å². The summed E-state index contributed by atoms with van der Waals surface area (Å²) in [6.45, 7) is 29.7. The van der Waals surface area contributed by atoms with Crippen molar-refractivity contribution in [1.82, 2.24) is 0 Å². The van der Waals surface area contributed by atoms with Crippen molar-refractivity contribution in [2.24, 2.45) is 23.7 Å². The Kier molecular flexibility index (Phi) is 21.5. The number of hydrogen-bond donors (Lipinski definition) is 0. The Morgan fingerprint density at radius 2 is 1.47 bits per heavy atom. The van der Waals surface area contributed by atoms with E-state index in [1.54, 1.807) is 22.3 Å². The standard InChI is InChI=1S/C20H32.C4H8.2C2H6.C2H2/c1-7-18(14(4)5)20-17(10-13(2)3)12-16-11-15(6)8-9-19(16)20;1-4(2)3;3*1-2/h11-14,18,20H,7-10H2,1-6H3;1H2,2-3H3;2*1-2H3;1-2H. The summed E-state index contributed by atoms with van der Waals surface area (Å²) in [5.41, 5.74) is 7.76. The van der Waals surface area contributed by atoms with Crippen molar-refractivity contribution in [3.8, 4) is 12.8 Å². The topological polar surface area (TPSA) is 0 Å². The fourth-order valence-corrected chi connectivity index (χ4v) is 4.17. The molecule has 0 amide bonds. The van der Waals surface area contributed by atoms with E-state index in [2.05, 4.69) is 73.1 Å². The van der Waals surface area contributed by atoms with Crippen molar-refractivity contribution >= 4 is 0 Å². The molecule has 0 fully saturated rings. The maximum absolute atomic E-state index is 4.00. The Bertz CT molecular complexity index is 556. The van der Waals surface area contributed by atoms with Crippen molar-refractivity contribution in [2.75, 3.05) is 0 Å². The lowest BCUT2D eigenvalue weighted by Gasteiger charge is -2.32. The Hall–Kier alpha value is -1.48. The molecule has 0 spiro atoms. The second kappa shape index (κ2) is 19.5. The molecular weight excluding hydrogens is 360 g/mol. The third-order valence-corrected chi connectivity index (χ3v) is 5.08. The lowest BCUT2D eigenvalue weighted by molar-refractivity contribution is 0.295. The molecule has 174 valence electrons. The van der Waals surface area contributed by atoms with Crippen LogP contribution in [0.1, 0.15) is 109 Å². The molecule has 0 aromatic carbocycles. The van der Waals surface area contributed by atoms with Gasteiger partial charge in [0.25, 0.3) is 0 Å². The van der Waals surface area contributed by atoms with Crippen LogP contribution in [-0.4, -0.2) is 0 Å². The van der Waals surface area contributed by atoms with Gasteiger partial charge in [-0.2, -0.15) is 0 Å². The molecule has 0 aliphatic heterocycles. The highest BCUT2D eigenvalue weighted by Gasteiger charge is 2.34. The van der Waals surface area contributed by atoms with E-state index >= 15 is 0 Å². The van der Waals surface area contributed by atoms with Gasteiger partial charge in [-0.3, -0.25) is 0 Å². The average Bonchev–Trinajstić information content (AvgIpc) is 3.02. The second-order valence-electron chi connectivity index (χ2n) is 8.79. The average molecular weight is 415 g/mol. The van der Waals surface area contributed by atoms with Gasteiger partial charge in [0.1, 0.15) is 0 Å². The van der Waals surface area contributed by atoms with E-state index in [0.717, 1.165) is 23.7 Å². The van der Waals surface area contributed by atoms with E-state index in [1.165, 1.54) is 31.3 Å². The van der Waals surface area contributed by atoms with Crippen LogP contribution in [0.5, 0.6) is 0 Å². The Morgan fingerprint density at radius 3 is 1.83 bits per heavy atom. The van der Waals surface area contributed by atoms with Crippen molar-refractivity contribution < 1.29 is 0 Å². The molecule has 0 radical (unpaired) electrons. The first-order valence-corrected chi connectivity index (χ1v) is 12.2. The van der Waals surface area contributed by atoms with E-state index in [9.17, 15) is 0 Å². The van der Waals surface area contributed by atoms with Crippen molar-refractivity contribution in [2.45, 2.75) is 109 Å². The first kappa shape index (κ1) is 33.2. The minimum atomic E-state index is 0.738. The summed E-state index contributed by atoms with van der Waals surface area (Å²) >= 11 is 0. The van der Waals surface area contributed by atoms with Gasteiger partial charge in [0.05, 0.1) is 0 Å². The molecule has 2 aliphatic rings. The largest absolute Gasteiger partial charge is 0.124 e. The van der Waals surface area contributed by atoms with E-state index in [4.69, 9.17) is 0 Å². The molecule has 0 nitrogen and oxygen atoms in total. The molecule has 0 aromatic rings. The monoisotopic (exact) mass is 414 g/mol. The molecule has 0 saturated carbocycles. The number of hydrogen-bond acceptors (Lipinski definition) is 0. The molecule has 0 heteroatoms. The van der Waals surface area contributed by atoms with Crippen LogP contribution in [0.2, 0.25) is 0 Å². The highest BCUT2D eigenvalue weighted by Crippen LogP contribution is 2.47. The fourth-order valence-electron chi connectivity index (χ4n) is 4.17. The van der Waals surface area contributed by atoms with Crippen LogP contribution in [-0.2, 0) is 0 Å². The van der Waals surface area contributed by atoms with Gasteiger partial charge >= 0.3 is 0 Å². The van der Waals surface area contributed by atoms with Gasteiger partial charge < -0.3 is 0 Å². The molecule has 30 heavy (non-hydrogen) atoms. The third kappa shape index (κ3) is 12.3. The van der Waals surface area contributed by atoms with Gasteiger partial charge in [-0.25, -0.2) is 0 Å². The normalized spacial score (nSPS) is 17.4. The summed E-state index contributed by atoms with van der Waals surface area (Å²) in [7, 11) is 0. The van der Waals surface area contributed by atoms with Crippen LogP contribution < -0.4 is 0 Å². The predicted octanol–water partition coefficient (Wildman–Crippen LogP) is 10.2. The molecule has 2 atom stereocenters. The number of terminal acetylenes is 1. The summed E-state index contributed by atoms with van der Waals surface area (Å²) < 4.78 is 0. The SMILES string of the molecule is C#C.C=C(C)C.CC.CC.CCC(C(C)C)C1C(CC(C)C)=CC2=C1CCC(C)=C2. The molecule has 0 bridgehead atoms. The molecule has 0 heterocycles. The third-order valence-electron chi connectivity index (χ3n) is 5.08. The number of allylic oxidation sites excluding steroid dienone is 7. The van der Waals surface area contributed by atoms with Crippen LogP contribution in [0.15, 0.2) is 46.6 Å². The Labute approximate surface area is 192 Å². The predicted molar refractivity (Wildman–Crippen MR) is 143 cm³/mol. The first-order chi connectivity index (χ1) is 14.2. The minimum absolute atomic E-state index is 0.738. The van der Waals surface area contributed by atoms with E-state index in [0.29, 0.717) is 0 Å². The molecule has 0 saturated heterocycles. The summed E-state index contributed by atoms with van der Waals surface area (Å²) in [4.78, 5) is 0. The van der Waals surface area contributed by atoms with Gasteiger partial charge in [0.15, 0.2) is 0 Å². The highest BCUT2D eigenvalue weighted by atomic mass is 14.4. The smallest absolute Gasteiger partial charge is 0.00501 e. The molecule has 2 aliphatic carbocycles. The van der Waals surface area contributed by atoms with Gasteiger partial charge in [-0.1, -0.05) is 103 Å². The van der Waals surface area contributed by atoms with Gasteiger partial charge in [-0.05, 0) is 63.4 Å². The molecule has 0 N–H and O–H groups in total. The lowest BCUT2D eigenvalue weighted by Crippen LogP contribution is -2.23. The second-order valence-corrected chi connectivity index (χ2v) is 8.79. The zero-order chi connectivity index (χ0) is 24.4. The molecule has 0 aromatic heterocycles. The van der Waals surface area contributed by atoms with Gasteiger partial charge in [-0.15, -0.1) is 19.4 Å². The van der Waals surface area contributed by atoms with Crippen molar-refractivity contribution in [3.05, 3.63) is 46.6 Å². The Balaban J connectivity index is -0.000000627. The molecular formula is C30H54. The summed E-state index contributed by atoms with van der Waals surface area (Å²) in [6.07, 6.45) is 18.1. The van der Waals surface area contributed by atoms with Crippen LogP contribution >= 0.6 is 0 Å². The van der Waals surface area contributed by atoms with Gasteiger partial charge in [0, 0.05) is 5.92 Å². The highest BCUT2D eigenvalue weighted by molar-refractivity contribution is 5.51. The summed E-state index contributed by atoms with van der Waals surface area (Å²) in [5.74, 6) is 3.10. The van der Waals surface area contributed by atoms with Gasteiger partial charge in [0.2, 0.25) is 0 Å². The quantitative estimate of drug-likeness (QED) is 0.310. The van der Waals surface area contributed by atoms with Crippen LogP contribution in [0.4, 0.5) is 0 Å². The molecule has 2 unspecified atom stereocenters. The van der Waals surface area contributed by atoms with E-state index in [-0.39, 0.29) is 0 Å². The maximum Gasteiger partial charge on any atom is 0.00501 e. The van der Waals surface area contributed by atoms with Crippen LogP contribution in [0.25, 0.3) is 0 Å². The van der Waals surface area contributed by atoms with Crippen molar-refractivity contribution in [1.29, 1.82) is 0 Å². The van der Waals surface area contributed by atoms with Crippen molar-refractivity contribution in [3.63, 3.8) is 0 Å². The number of rotatable bonds is 5. The van der Waals surface area contributed by atoms with Crippen LogP contribution in [0.3, 0.4) is 0 Å². The lowest BCUT2D eigenvalue weighted by atomic mass is 9.72. The van der Waals surface area contributed by atoms with E-state index in [1.807, 2.05) is 41.5 Å². The zero-order valence-corrected chi connectivity index (χ0v) is 22.7. The summed E-state index contributed by atoms with van der Waals surface area (Å²) in [5, 5.41) is 0. The maximum atomic E-state index is 4.00. The van der Waals surface area contributed by atoms with E-state index < -0.39 is 0 Å². The zero-order valence-electron chi connectivity index (χ0n) is 22.7. The minimum Gasteiger partial charge on any atom is -0.124 e. The molecule has 2 rings (SSSR count). The first-order valence-electron chi connectivity index (χ1n) is 12.2. The fraction of sp³-hybridized carbons (Fsp3) is 0.667. The summed E-state index contributed by atoms with van der Waals surface area (Å²) in [6, 6.07) is 0.